The third-order valence-corrected chi connectivity index (χ3v) is 9.51. The standard InChI is InChI=1S/C22H17F3O3.C20H17F3O3.C2H4O2.Na/c1-12(26)28-20-9-14-4-3-13-5-7-16(27-2)11-18(13)21(14)17-8-6-15(10-19(17)20)22(23,24)25;1-26-16-9-6-12-2-3-14(10-18(24)25)19(17(12)11-16)13-4-7-15(8-5-13)20(21,22)23;1-2(3)4;/h5-11H,3-4H2,1-2H3;4-9,11H,2-3,10H2,1H3,(H,24,25);1H3,(H,3,4);/q;;;+1/p-1. The molecular weight excluding hydrogens is 793 g/mol. The van der Waals surface area contributed by atoms with Crippen LogP contribution < -0.4 is 48.9 Å². The zero-order valence-corrected chi connectivity index (χ0v) is 34.7. The summed E-state index contributed by atoms with van der Waals surface area (Å²) in [6, 6.07) is 21.4. The van der Waals surface area contributed by atoms with Crippen molar-refractivity contribution in [2.45, 2.75) is 58.3 Å². The van der Waals surface area contributed by atoms with E-state index in [4.69, 9.17) is 24.1 Å². The molecule has 0 bridgehead atoms. The first-order chi connectivity index (χ1) is 27.3. The van der Waals surface area contributed by atoms with Crippen molar-refractivity contribution >= 4 is 34.3 Å². The second-order valence-corrected chi connectivity index (χ2v) is 13.4. The molecule has 0 aromatic heterocycles. The molecule has 0 saturated heterocycles. The normalized spacial score (nSPS) is 12.8. The average Bonchev–Trinajstić information content (AvgIpc) is 3.16. The molecule has 0 fully saturated rings. The first kappa shape index (κ1) is 46.4. The molecule has 0 saturated carbocycles. The van der Waals surface area contributed by atoms with Crippen molar-refractivity contribution in [1.29, 1.82) is 0 Å². The minimum atomic E-state index is -4.49. The van der Waals surface area contributed by atoms with Crippen LogP contribution in [0.3, 0.4) is 0 Å². The fourth-order valence-corrected chi connectivity index (χ4v) is 7.06. The predicted octanol–water partition coefficient (Wildman–Crippen LogP) is 6.26. The van der Waals surface area contributed by atoms with Crippen molar-refractivity contribution < 1.29 is 94.7 Å². The number of carboxylic acid groups (broad SMARTS) is 2. The number of hydrogen-bond donors (Lipinski definition) is 1. The van der Waals surface area contributed by atoms with Gasteiger partial charge in [-0.15, -0.1) is 0 Å². The molecule has 5 aromatic rings. The summed E-state index contributed by atoms with van der Waals surface area (Å²) in [6.07, 6.45) is -6.30. The van der Waals surface area contributed by atoms with Gasteiger partial charge < -0.3 is 29.2 Å². The Morgan fingerprint density at radius 3 is 1.69 bits per heavy atom. The van der Waals surface area contributed by atoms with Gasteiger partial charge in [0.05, 0.1) is 31.8 Å². The number of carbonyl (C=O) groups is 3. The van der Waals surface area contributed by atoms with Gasteiger partial charge in [0.25, 0.3) is 0 Å². The van der Waals surface area contributed by atoms with Crippen molar-refractivity contribution in [3.05, 3.63) is 129 Å². The molecule has 5 aromatic carbocycles. The molecule has 2 aliphatic rings. The van der Waals surface area contributed by atoms with Crippen LogP contribution in [-0.2, 0) is 46.0 Å². The number of alkyl halides is 6. The van der Waals surface area contributed by atoms with Gasteiger partial charge in [-0.1, -0.05) is 35.9 Å². The van der Waals surface area contributed by atoms with E-state index in [1.807, 2.05) is 36.4 Å². The minimum Gasteiger partial charge on any atom is -0.550 e. The van der Waals surface area contributed by atoms with E-state index in [1.54, 1.807) is 13.2 Å². The zero-order chi connectivity index (χ0) is 42.5. The second-order valence-electron chi connectivity index (χ2n) is 13.4. The molecule has 1 N–H and O–H groups in total. The van der Waals surface area contributed by atoms with Crippen LogP contribution in [-0.4, -0.2) is 37.2 Å². The summed E-state index contributed by atoms with van der Waals surface area (Å²) in [5.41, 5.74) is 6.11. The molecule has 0 spiro atoms. The maximum absolute atomic E-state index is 13.3. The summed E-state index contributed by atoms with van der Waals surface area (Å²) in [7, 11) is 3.10. The summed E-state index contributed by atoms with van der Waals surface area (Å²) in [6.45, 7) is 2.21. The van der Waals surface area contributed by atoms with E-state index in [0.29, 0.717) is 52.9 Å². The van der Waals surface area contributed by atoms with Gasteiger partial charge in [0.1, 0.15) is 17.2 Å². The molecule has 15 heteroatoms. The summed E-state index contributed by atoms with van der Waals surface area (Å²) >= 11 is 0. The Hall–Kier alpha value is -5.31. The summed E-state index contributed by atoms with van der Waals surface area (Å²) in [4.78, 5) is 31.7. The number of halogens is 6. The number of carboxylic acids is 2. The fourth-order valence-electron chi connectivity index (χ4n) is 7.06. The Balaban J connectivity index is 0.000000236. The monoisotopic (exact) mass is 830 g/mol. The Morgan fingerprint density at radius 2 is 1.17 bits per heavy atom. The maximum Gasteiger partial charge on any atom is 1.00 e. The van der Waals surface area contributed by atoms with Gasteiger partial charge in [-0.3, -0.25) is 9.59 Å². The molecule has 0 atom stereocenters. The SMILES string of the molecule is CC(=O)[O-].COc1ccc2c(c1)-c1c(cc(OC(C)=O)c3cc(C(F)(F)F)ccc13)CC2.COc1ccc2c(c1)C(c1ccc(C(F)(F)F)cc1)=C(CC(=O)O)CC2.[Na+]. The van der Waals surface area contributed by atoms with Crippen molar-refractivity contribution in [2.75, 3.05) is 14.2 Å². The first-order valence-electron chi connectivity index (χ1n) is 17.8. The van der Waals surface area contributed by atoms with E-state index < -0.39 is 41.4 Å². The smallest absolute Gasteiger partial charge is 0.550 e. The first-order valence-corrected chi connectivity index (χ1v) is 17.8. The van der Waals surface area contributed by atoms with Crippen LogP contribution in [0.4, 0.5) is 26.3 Å². The Bertz CT molecular complexity index is 2400. The third-order valence-electron chi connectivity index (χ3n) is 9.51. The summed E-state index contributed by atoms with van der Waals surface area (Å²) < 4.78 is 94.2. The van der Waals surface area contributed by atoms with Gasteiger partial charge in [0.15, 0.2) is 0 Å². The van der Waals surface area contributed by atoms with E-state index in [0.717, 1.165) is 71.0 Å². The molecule has 59 heavy (non-hydrogen) atoms. The van der Waals surface area contributed by atoms with Crippen LogP contribution in [0.5, 0.6) is 17.2 Å². The van der Waals surface area contributed by atoms with Gasteiger partial charge in [0.2, 0.25) is 0 Å². The second kappa shape index (κ2) is 19.2. The van der Waals surface area contributed by atoms with Gasteiger partial charge >= 0.3 is 53.8 Å². The Labute approximate surface area is 357 Å². The van der Waals surface area contributed by atoms with Crippen LogP contribution >= 0.6 is 0 Å². The van der Waals surface area contributed by atoms with E-state index in [1.165, 1.54) is 32.2 Å². The molecule has 8 nitrogen and oxygen atoms in total. The van der Waals surface area contributed by atoms with E-state index >= 15 is 0 Å². The molecule has 7 rings (SSSR count). The van der Waals surface area contributed by atoms with E-state index in [-0.39, 0.29) is 47.1 Å². The van der Waals surface area contributed by atoms with Crippen LogP contribution in [0.15, 0.2) is 90.5 Å². The number of ether oxygens (including phenoxy) is 3. The Kier molecular flexibility index (Phi) is 15.1. The molecule has 2 aliphatic carbocycles. The number of hydrogen-bond acceptors (Lipinski definition) is 7. The van der Waals surface area contributed by atoms with E-state index in [2.05, 4.69) is 0 Å². The largest absolute Gasteiger partial charge is 1.00 e. The van der Waals surface area contributed by atoms with Gasteiger partial charge in [-0.05, 0) is 137 Å². The topological polar surface area (TPSA) is 122 Å². The van der Waals surface area contributed by atoms with Crippen molar-refractivity contribution in [3.63, 3.8) is 0 Å². The van der Waals surface area contributed by atoms with Crippen LogP contribution in [0.2, 0.25) is 0 Å². The quantitative estimate of drug-likeness (QED) is 0.0923. The summed E-state index contributed by atoms with van der Waals surface area (Å²) in [5, 5.41) is 19.0. The van der Waals surface area contributed by atoms with Crippen LogP contribution in [0.1, 0.15) is 65.6 Å². The van der Waals surface area contributed by atoms with E-state index in [9.17, 15) is 41.0 Å². The van der Waals surface area contributed by atoms with Crippen LogP contribution in [0, 0.1) is 0 Å². The third kappa shape index (κ3) is 11.3. The number of aliphatic carboxylic acids is 2. The minimum absolute atomic E-state index is 0. The number of rotatable bonds is 6. The van der Waals surface area contributed by atoms with Crippen molar-refractivity contribution in [3.8, 4) is 28.4 Å². The molecule has 0 aliphatic heterocycles. The van der Waals surface area contributed by atoms with Crippen LogP contribution in [0.25, 0.3) is 27.5 Å². The predicted molar refractivity (Wildman–Crippen MR) is 201 cm³/mol. The fraction of sp³-hybridized carbons (Fsp3) is 0.250. The molecule has 0 amide bonds. The number of methoxy groups -OCH3 is 2. The molecule has 0 unspecified atom stereocenters. The number of carbonyl (C=O) groups excluding carboxylic acids is 2. The van der Waals surface area contributed by atoms with Gasteiger partial charge in [-0.2, -0.15) is 26.3 Å². The molecule has 0 radical (unpaired) electrons. The van der Waals surface area contributed by atoms with Crippen molar-refractivity contribution in [2.24, 2.45) is 0 Å². The Morgan fingerprint density at radius 1 is 0.661 bits per heavy atom. The van der Waals surface area contributed by atoms with Gasteiger partial charge in [-0.25, -0.2) is 0 Å². The zero-order valence-electron chi connectivity index (χ0n) is 32.7. The number of fused-ring (bicyclic) bond motifs is 6. The molecular formula is C44H37F6NaO8. The van der Waals surface area contributed by atoms with Gasteiger partial charge in [0, 0.05) is 18.3 Å². The summed E-state index contributed by atoms with van der Waals surface area (Å²) in [5.74, 6) is -1.17. The average molecular weight is 831 g/mol. The number of esters is 1. The van der Waals surface area contributed by atoms with Crippen molar-refractivity contribution in [1.82, 2.24) is 0 Å². The number of aryl methyl sites for hydroxylation is 3. The molecule has 304 valence electrons. The molecule has 0 heterocycles. The maximum atomic E-state index is 13.3. The number of benzene rings is 5.